The number of anilines is 1. The molecule has 7 nitrogen and oxygen atoms in total. The Kier molecular flexibility index (Phi) is 6.96. The van der Waals surface area contributed by atoms with Crippen LogP contribution >= 0.6 is 11.6 Å². The summed E-state index contributed by atoms with van der Waals surface area (Å²) in [5.41, 5.74) is 7.44. The highest BCUT2D eigenvalue weighted by Crippen LogP contribution is 2.30. The molecule has 0 bridgehead atoms. The third kappa shape index (κ3) is 5.47. The minimum Gasteiger partial charge on any atom is -0.397 e. The Bertz CT molecular complexity index is 924. The fraction of sp³-hybridized carbons (Fsp3) is 0.565. The summed E-state index contributed by atoms with van der Waals surface area (Å²) in [6.45, 7) is 4.57. The summed E-state index contributed by atoms with van der Waals surface area (Å²) in [7, 11) is 0. The zero-order chi connectivity index (χ0) is 21.8. The summed E-state index contributed by atoms with van der Waals surface area (Å²) in [6, 6.07) is 5.42. The summed E-state index contributed by atoms with van der Waals surface area (Å²) in [5, 5.41) is 15.0. The highest BCUT2D eigenvalue weighted by atomic mass is 35.5. The largest absolute Gasteiger partial charge is 0.397 e. The van der Waals surface area contributed by atoms with E-state index in [2.05, 4.69) is 15.2 Å². The number of benzene rings is 1. The van der Waals surface area contributed by atoms with E-state index < -0.39 is 5.60 Å². The number of likely N-dealkylation sites (tertiary alicyclic amines) is 1. The first-order chi connectivity index (χ1) is 14.9. The predicted molar refractivity (Wildman–Crippen MR) is 122 cm³/mol. The van der Waals surface area contributed by atoms with Gasteiger partial charge in [-0.15, -0.1) is 0 Å². The van der Waals surface area contributed by atoms with Crippen molar-refractivity contribution in [3.8, 4) is 0 Å². The van der Waals surface area contributed by atoms with E-state index in [1.54, 1.807) is 12.3 Å². The molecule has 1 amide bonds. The number of halogens is 1. The molecule has 1 aromatic carbocycles. The molecule has 2 aliphatic heterocycles. The van der Waals surface area contributed by atoms with Crippen LogP contribution in [0.1, 0.15) is 31.2 Å². The first-order valence-corrected chi connectivity index (χ1v) is 11.4. The van der Waals surface area contributed by atoms with Crippen molar-refractivity contribution in [2.24, 2.45) is 5.92 Å². The maximum atomic E-state index is 12.6. The highest BCUT2D eigenvalue weighted by Gasteiger charge is 2.33. The maximum Gasteiger partial charge on any atom is 0.224 e. The predicted octanol–water partition coefficient (Wildman–Crippen LogP) is 2.38. The van der Waals surface area contributed by atoms with Crippen molar-refractivity contribution < 1.29 is 14.6 Å². The van der Waals surface area contributed by atoms with E-state index in [0.29, 0.717) is 55.8 Å². The molecular weight excluding hydrogens is 416 g/mol. The summed E-state index contributed by atoms with van der Waals surface area (Å²) in [6.07, 6.45) is 5.38. The number of hydrogen-bond acceptors (Lipinski definition) is 6. The fourth-order valence-electron chi connectivity index (χ4n) is 4.61. The van der Waals surface area contributed by atoms with E-state index in [9.17, 15) is 9.90 Å². The Morgan fingerprint density at radius 3 is 2.84 bits per heavy atom. The smallest absolute Gasteiger partial charge is 0.224 e. The van der Waals surface area contributed by atoms with Gasteiger partial charge in [0.1, 0.15) is 0 Å². The number of nitrogens with one attached hydrogen (secondary N) is 1. The van der Waals surface area contributed by atoms with Crippen LogP contribution < -0.4 is 11.1 Å². The third-order valence-electron chi connectivity index (χ3n) is 6.55. The molecule has 0 radical (unpaired) electrons. The quantitative estimate of drug-likeness (QED) is 0.589. The number of nitrogen functional groups attached to an aromatic ring is 1. The number of aromatic nitrogens is 1. The Morgan fingerprint density at radius 1 is 1.35 bits per heavy atom. The van der Waals surface area contributed by atoms with Gasteiger partial charge in [-0.1, -0.05) is 11.6 Å². The summed E-state index contributed by atoms with van der Waals surface area (Å²) in [5.74, 6) is 0.418. The molecule has 8 heteroatoms. The molecule has 0 saturated carbocycles. The third-order valence-corrected chi connectivity index (χ3v) is 6.86. The average Bonchev–Trinajstić information content (AvgIpc) is 2.77. The van der Waals surface area contributed by atoms with Gasteiger partial charge < -0.3 is 25.8 Å². The minimum absolute atomic E-state index is 0.0354. The average molecular weight is 447 g/mol. The van der Waals surface area contributed by atoms with Crippen LogP contribution in [-0.2, 0) is 16.0 Å². The molecule has 2 fully saturated rings. The van der Waals surface area contributed by atoms with Crippen molar-refractivity contribution >= 4 is 34.1 Å². The molecule has 2 aromatic rings. The number of carbonyl (C=O) groups is 1. The molecule has 4 rings (SSSR count). The lowest BCUT2D eigenvalue weighted by Crippen LogP contribution is -2.49. The number of β-amino-alcohol motifs (C(OH)–C–C–N with tert-alkyl or cyclic N) is 1. The first kappa shape index (κ1) is 22.3. The maximum absolute atomic E-state index is 12.6. The van der Waals surface area contributed by atoms with Gasteiger partial charge in [0.05, 0.1) is 28.2 Å². The molecule has 0 atom stereocenters. The Hall–Kier alpha value is -1.93. The van der Waals surface area contributed by atoms with Gasteiger partial charge in [-0.25, -0.2) is 0 Å². The Balaban J connectivity index is 1.26. The van der Waals surface area contributed by atoms with Gasteiger partial charge in [0.15, 0.2) is 0 Å². The lowest BCUT2D eigenvalue weighted by Gasteiger charge is -2.39. The summed E-state index contributed by atoms with van der Waals surface area (Å²) < 4.78 is 5.37. The number of hydrogen-bond donors (Lipinski definition) is 3. The van der Waals surface area contributed by atoms with Crippen LogP contribution in [0.25, 0.3) is 10.9 Å². The SMILES string of the molecule is Nc1c(Cl)cc(CC(=O)NCC2CCN(CC3(O)CCOCC3)CC2)c2ncccc12. The number of nitrogens with zero attached hydrogens (tertiary/aromatic N) is 2. The molecule has 0 aliphatic carbocycles. The highest BCUT2D eigenvalue weighted by molar-refractivity contribution is 6.34. The lowest BCUT2D eigenvalue weighted by molar-refractivity contribution is -0.120. The van der Waals surface area contributed by atoms with E-state index >= 15 is 0 Å². The Labute approximate surface area is 187 Å². The number of aliphatic hydroxyl groups is 1. The van der Waals surface area contributed by atoms with E-state index in [4.69, 9.17) is 22.1 Å². The van der Waals surface area contributed by atoms with Crippen molar-refractivity contribution in [3.05, 3.63) is 35.0 Å². The van der Waals surface area contributed by atoms with Crippen molar-refractivity contribution in [1.29, 1.82) is 0 Å². The number of carbonyl (C=O) groups excluding carboxylic acids is 1. The van der Waals surface area contributed by atoms with Crippen molar-refractivity contribution in [2.45, 2.75) is 37.7 Å². The van der Waals surface area contributed by atoms with Gasteiger partial charge in [0.25, 0.3) is 0 Å². The van der Waals surface area contributed by atoms with E-state index in [0.717, 1.165) is 42.4 Å². The molecule has 3 heterocycles. The van der Waals surface area contributed by atoms with Gasteiger partial charge >= 0.3 is 0 Å². The van der Waals surface area contributed by atoms with Crippen LogP contribution in [0.3, 0.4) is 0 Å². The van der Waals surface area contributed by atoms with Gasteiger partial charge in [-0.3, -0.25) is 9.78 Å². The molecule has 168 valence electrons. The van der Waals surface area contributed by atoms with Crippen LogP contribution in [0, 0.1) is 5.92 Å². The number of fused-ring (bicyclic) bond motifs is 1. The van der Waals surface area contributed by atoms with Crippen LogP contribution in [0.15, 0.2) is 24.4 Å². The van der Waals surface area contributed by atoms with E-state index in [1.807, 2.05) is 12.1 Å². The standard InChI is InChI=1S/C23H31ClN4O3/c24-19-12-17(22-18(21(19)25)2-1-7-26-22)13-20(29)27-14-16-3-8-28(9-4-16)15-23(30)5-10-31-11-6-23/h1-2,7,12,16,30H,3-6,8-11,13-15,25H2,(H,27,29). The second kappa shape index (κ2) is 9.69. The minimum atomic E-state index is -0.615. The van der Waals surface area contributed by atoms with Crippen molar-refractivity contribution in [3.63, 3.8) is 0 Å². The monoisotopic (exact) mass is 446 g/mol. The summed E-state index contributed by atoms with van der Waals surface area (Å²) in [4.78, 5) is 19.3. The first-order valence-electron chi connectivity index (χ1n) is 11.0. The molecule has 2 saturated heterocycles. The number of rotatable bonds is 6. The number of ether oxygens (including phenoxy) is 1. The van der Waals surface area contributed by atoms with E-state index in [-0.39, 0.29) is 12.3 Å². The molecule has 2 aliphatic rings. The summed E-state index contributed by atoms with van der Waals surface area (Å²) >= 11 is 6.25. The Morgan fingerprint density at radius 2 is 2.10 bits per heavy atom. The fourth-order valence-corrected chi connectivity index (χ4v) is 4.84. The van der Waals surface area contributed by atoms with Crippen LogP contribution in [0.2, 0.25) is 5.02 Å². The topological polar surface area (TPSA) is 101 Å². The van der Waals surface area contributed by atoms with Gasteiger partial charge in [-0.05, 0) is 55.6 Å². The molecule has 0 unspecified atom stereocenters. The normalized spacial score (nSPS) is 20.1. The van der Waals surface area contributed by atoms with Crippen LogP contribution in [-0.4, -0.2) is 65.9 Å². The van der Waals surface area contributed by atoms with Crippen LogP contribution in [0.5, 0.6) is 0 Å². The second-order valence-electron chi connectivity index (χ2n) is 8.87. The van der Waals surface area contributed by atoms with Crippen molar-refractivity contribution in [1.82, 2.24) is 15.2 Å². The lowest BCUT2D eigenvalue weighted by atomic mass is 9.91. The second-order valence-corrected chi connectivity index (χ2v) is 9.28. The number of nitrogens with two attached hydrogens (primary N) is 1. The molecular formula is C23H31ClN4O3. The van der Waals surface area contributed by atoms with Gasteiger partial charge in [0.2, 0.25) is 5.91 Å². The molecule has 1 aromatic heterocycles. The molecule has 0 spiro atoms. The number of amides is 1. The van der Waals surface area contributed by atoms with Crippen molar-refractivity contribution in [2.75, 3.05) is 45.1 Å². The zero-order valence-corrected chi connectivity index (χ0v) is 18.5. The van der Waals surface area contributed by atoms with Gasteiger partial charge in [0, 0.05) is 50.7 Å². The van der Waals surface area contributed by atoms with Gasteiger partial charge in [-0.2, -0.15) is 0 Å². The molecule has 4 N–H and O–H groups in total. The number of pyridine rings is 1. The number of piperidine rings is 1. The zero-order valence-electron chi connectivity index (χ0n) is 17.8. The van der Waals surface area contributed by atoms with E-state index in [1.165, 1.54) is 0 Å². The van der Waals surface area contributed by atoms with Crippen LogP contribution in [0.4, 0.5) is 5.69 Å². The molecule has 31 heavy (non-hydrogen) atoms.